The topological polar surface area (TPSA) is 38.9 Å². The molecule has 3 heteroatoms. The van der Waals surface area contributed by atoms with Crippen molar-refractivity contribution in [2.24, 2.45) is 5.73 Å². The molecular formula is C15H14N2S. The van der Waals surface area contributed by atoms with Gasteiger partial charge in [0.2, 0.25) is 0 Å². The average Bonchev–Trinajstić information content (AvgIpc) is 2.91. The zero-order valence-electron chi connectivity index (χ0n) is 9.91. The van der Waals surface area contributed by atoms with E-state index < -0.39 is 0 Å². The number of benzene rings is 2. The number of hydrogen-bond donors (Lipinski definition) is 1. The lowest BCUT2D eigenvalue weighted by Crippen LogP contribution is -2.13. The quantitative estimate of drug-likeness (QED) is 0.776. The van der Waals surface area contributed by atoms with Gasteiger partial charge < -0.3 is 5.73 Å². The van der Waals surface area contributed by atoms with Crippen molar-refractivity contribution in [1.82, 2.24) is 4.98 Å². The van der Waals surface area contributed by atoms with Crippen LogP contribution in [-0.4, -0.2) is 4.98 Å². The first-order valence-electron chi connectivity index (χ1n) is 5.95. The van der Waals surface area contributed by atoms with Gasteiger partial charge in [0.1, 0.15) is 0 Å². The van der Waals surface area contributed by atoms with Crippen LogP contribution in [0.5, 0.6) is 0 Å². The maximum atomic E-state index is 6.33. The Morgan fingerprint density at radius 3 is 2.78 bits per heavy atom. The molecule has 0 aliphatic rings. The van der Waals surface area contributed by atoms with Crippen LogP contribution in [0.3, 0.4) is 0 Å². The molecule has 3 rings (SSSR count). The molecule has 0 amide bonds. The summed E-state index contributed by atoms with van der Waals surface area (Å²) in [4.78, 5) is 5.33. The van der Waals surface area contributed by atoms with Crippen molar-refractivity contribution < 1.29 is 0 Å². The minimum atomic E-state index is 0.0246. The van der Waals surface area contributed by atoms with Crippen LogP contribution >= 0.6 is 11.3 Å². The molecule has 0 fully saturated rings. The minimum absolute atomic E-state index is 0.0246. The molecule has 3 aromatic rings. The molecule has 2 N–H and O–H groups in total. The number of thiazole rings is 1. The molecule has 18 heavy (non-hydrogen) atoms. The molecule has 1 atom stereocenters. The van der Waals surface area contributed by atoms with Gasteiger partial charge in [0.25, 0.3) is 0 Å². The highest BCUT2D eigenvalue weighted by atomic mass is 32.1. The third-order valence-corrected chi connectivity index (χ3v) is 3.93. The molecule has 90 valence electrons. The summed E-state index contributed by atoms with van der Waals surface area (Å²) in [6, 6.07) is 14.7. The van der Waals surface area contributed by atoms with Gasteiger partial charge in [-0.15, -0.1) is 11.3 Å². The van der Waals surface area contributed by atoms with Crippen LogP contribution in [0, 0.1) is 0 Å². The molecule has 0 bridgehead atoms. The minimum Gasteiger partial charge on any atom is -0.324 e. The summed E-state index contributed by atoms with van der Waals surface area (Å²) >= 11 is 1.66. The van der Waals surface area contributed by atoms with Gasteiger partial charge >= 0.3 is 0 Å². The lowest BCUT2D eigenvalue weighted by molar-refractivity contribution is 0.735. The molecule has 2 nitrogen and oxygen atoms in total. The highest BCUT2D eigenvalue weighted by Gasteiger charge is 2.11. The highest BCUT2D eigenvalue weighted by Crippen LogP contribution is 2.25. The summed E-state index contributed by atoms with van der Waals surface area (Å²) in [5.41, 5.74) is 9.39. The zero-order chi connectivity index (χ0) is 12.4. The molecule has 0 saturated heterocycles. The van der Waals surface area contributed by atoms with Crippen LogP contribution in [0.15, 0.2) is 54.2 Å². The van der Waals surface area contributed by atoms with Crippen molar-refractivity contribution in [3.05, 3.63) is 64.6 Å². The second kappa shape index (κ2) is 4.88. The SMILES string of the molecule is NC(Cc1cncs1)c1cccc2ccccc12. The standard InChI is InChI=1S/C15H14N2S/c16-15(8-12-9-17-10-18-12)14-7-3-5-11-4-1-2-6-13(11)14/h1-7,9-10,15H,8,16H2. The van der Waals surface area contributed by atoms with Crippen molar-refractivity contribution >= 4 is 22.1 Å². The van der Waals surface area contributed by atoms with Gasteiger partial charge in [-0.2, -0.15) is 0 Å². The van der Waals surface area contributed by atoms with Crippen molar-refractivity contribution in [2.45, 2.75) is 12.5 Å². The second-order valence-corrected chi connectivity index (χ2v) is 5.32. The van der Waals surface area contributed by atoms with Crippen LogP contribution < -0.4 is 5.73 Å². The van der Waals surface area contributed by atoms with Crippen molar-refractivity contribution in [1.29, 1.82) is 0 Å². The third-order valence-electron chi connectivity index (χ3n) is 3.13. The van der Waals surface area contributed by atoms with E-state index in [4.69, 9.17) is 5.73 Å². The Morgan fingerprint density at radius 2 is 1.94 bits per heavy atom. The fourth-order valence-corrected chi connectivity index (χ4v) is 2.90. The van der Waals surface area contributed by atoms with Crippen molar-refractivity contribution in [3.63, 3.8) is 0 Å². The van der Waals surface area contributed by atoms with Crippen LogP contribution in [-0.2, 0) is 6.42 Å². The van der Waals surface area contributed by atoms with E-state index in [2.05, 4.69) is 47.4 Å². The number of fused-ring (bicyclic) bond motifs is 1. The van der Waals surface area contributed by atoms with Crippen LogP contribution in [0.25, 0.3) is 10.8 Å². The van der Waals surface area contributed by atoms with Gasteiger partial charge in [0.15, 0.2) is 0 Å². The maximum absolute atomic E-state index is 6.33. The van der Waals surface area contributed by atoms with Gasteiger partial charge in [-0.3, -0.25) is 4.98 Å². The second-order valence-electron chi connectivity index (χ2n) is 4.35. The van der Waals surface area contributed by atoms with Crippen LogP contribution in [0.4, 0.5) is 0 Å². The van der Waals surface area contributed by atoms with E-state index >= 15 is 0 Å². The smallest absolute Gasteiger partial charge is 0.0794 e. The van der Waals surface area contributed by atoms with E-state index in [-0.39, 0.29) is 6.04 Å². The molecule has 0 radical (unpaired) electrons. The number of aromatic nitrogens is 1. The number of nitrogens with zero attached hydrogens (tertiary/aromatic N) is 1. The van der Waals surface area contributed by atoms with Crippen molar-refractivity contribution in [2.75, 3.05) is 0 Å². The van der Waals surface area contributed by atoms with Gasteiger partial charge in [0, 0.05) is 23.5 Å². The molecule has 2 aromatic carbocycles. The summed E-state index contributed by atoms with van der Waals surface area (Å²) < 4.78 is 0. The highest BCUT2D eigenvalue weighted by molar-refractivity contribution is 7.09. The van der Waals surface area contributed by atoms with Gasteiger partial charge in [0.05, 0.1) is 5.51 Å². The Bertz CT molecular complexity index is 641. The van der Waals surface area contributed by atoms with E-state index in [1.54, 1.807) is 11.3 Å². The van der Waals surface area contributed by atoms with Gasteiger partial charge in [-0.25, -0.2) is 0 Å². The average molecular weight is 254 g/mol. The fraction of sp³-hybridized carbons (Fsp3) is 0.133. The van der Waals surface area contributed by atoms with Crippen LogP contribution in [0.2, 0.25) is 0 Å². The number of rotatable bonds is 3. The summed E-state index contributed by atoms with van der Waals surface area (Å²) in [5, 5.41) is 2.49. The first-order chi connectivity index (χ1) is 8.84. The first-order valence-corrected chi connectivity index (χ1v) is 6.83. The predicted molar refractivity (Wildman–Crippen MR) is 76.7 cm³/mol. The van der Waals surface area contributed by atoms with Crippen molar-refractivity contribution in [3.8, 4) is 0 Å². The van der Waals surface area contributed by atoms with E-state index in [1.807, 2.05) is 11.7 Å². The maximum Gasteiger partial charge on any atom is 0.0794 e. The Morgan fingerprint density at radius 1 is 1.11 bits per heavy atom. The molecule has 0 saturated carbocycles. The molecule has 1 unspecified atom stereocenters. The van der Waals surface area contributed by atoms with E-state index in [0.29, 0.717) is 0 Å². The Kier molecular flexibility index (Phi) is 3.09. The molecule has 1 aromatic heterocycles. The van der Waals surface area contributed by atoms with Crippen LogP contribution in [0.1, 0.15) is 16.5 Å². The lowest BCUT2D eigenvalue weighted by atomic mass is 9.97. The Balaban J connectivity index is 1.98. The Labute approximate surface area is 110 Å². The monoisotopic (exact) mass is 254 g/mol. The normalized spacial score (nSPS) is 12.7. The molecule has 0 spiro atoms. The number of nitrogens with two attached hydrogens (primary N) is 1. The zero-order valence-corrected chi connectivity index (χ0v) is 10.7. The molecule has 1 heterocycles. The molecule has 0 aliphatic carbocycles. The summed E-state index contributed by atoms with van der Waals surface area (Å²) in [6.45, 7) is 0. The predicted octanol–water partition coefficient (Wildman–Crippen LogP) is 3.54. The largest absolute Gasteiger partial charge is 0.324 e. The summed E-state index contributed by atoms with van der Waals surface area (Å²) in [6.07, 6.45) is 2.74. The van der Waals surface area contributed by atoms with Gasteiger partial charge in [-0.05, 0) is 16.3 Å². The third kappa shape index (κ3) is 2.15. The molecule has 0 aliphatic heterocycles. The lowest BCUT2D eigenvalue weighted by Gasteiger charge is -2.13. The van der Waals surface area contributed by atoms with Gasteiger partial charge in [-0.1, -0.05) is 42.5 Å². The van der Waals surface area contributed by atoms with E-state index in [9.17, 15) is 0 Å². The Hall–Kier alpha value is -1.71. The van der Waals surface area contributed by atoms with E-state index in [1.165, 1.54) is 21.2 Å². The summed E-state index contributed by atoms with van der Waals surface area (Å²) in [5.74, 6) is 0. The fourth-order valence-electron chi connectivity index (χ4n) is 2.24. The molecular weight excluding hydrogens is 240 g/mol. The van der Waals surface area contributed by atoms with E-state index in [0.717, 1.165) is 6.42 Å². The number of hydrogen-bond acceptors (Lipinski definition) is 3. The summed E-state index contributed by atoms with van der Waals surface area (Å²) in [7, 11) is 0. The first kappa shape index (κ1) is 11.4.